The summed E-state index contributed by atoms with van der Waals surface area (Å²) >= 11 is 0. The van der Waals surface area contributed by atoms with Crippen molar-refractivity contribution in [3.63, 3.8) is 0 Å². The molecule has 0 aromatic carbocycles. The lowest BCUT2D eigenvalue weighted by atomic mass is 10.5. The summed E-state index contributed by atoms with van der Waals surface area (Å²) in [5.41, 5.74) is 0. The predicted octanol–water partition coefficient (Wildman–Crippen LogP) is 4.94. The van der Waals surface area contributed by atoms with Gasteiger partial charge in [0.2, 0.25) is 0 Å². The molecule has 0 aliphatic heterocycles. The first-order chi connectivity index (χ1) is 12.5. The van der Waals surface area contributed by atoms with Gasteiger partial charge >= 0.3 is 18.5 Å². The Labute approximate surface area is 154 Å². The SMILES string of the molecule is C=CCOCOCC=C.CCCOC(F)(F)OC(F)(F)C(F)(F)OCCC. The molecule has 162 valence electrons. The summed E-state index contributed by atoms with van der Waals surface area (Å²) in [6.45, 7) is 9.81. The topological polar surface area (TPSA) is 46.2 Å². The first kappa shape index (κ1) is 28.1. The third-order valence-electron chi connectivity index (χ3n) is 2.19. The average Bonchev–Trinajstić information content (AvgIpc) is 2.58. The van der Waals surface area contributed by atoms with Crippen LogP contribution in [0.1, 0.15) is 26.7 Å². The van der Waals surface area contributed by atoms with E-state index in [0.717, 1.165) is 0 Å². The Morgan fingerprint density at radius 3 is 1.59 bits per heavy atom. The Bertz CT molecular complexity index is 383. The summed E-state index contributed by atoms with van der Waals surface area (Å²) in [4.78, 5) is 0. The van der Waals surface area contributed by atoms with Gasteiger partial charge in [0.1, 0.15) is 6.79 Å². The van der Waals surface area contributed by atoms with Gasteiger partial charge in [-0.2, -0.15) is 17.6 Å². The van der Waals surface area contributed by atoms with Crippen LogP contribution in [0.4, 0.5) is 26.3 Å². The van der Waals surface area contributed by atoms with Crippen LogP contribution >= 0.6 is 0 Å². The van der Waals surface area contributed by atoms with E-state index in [1.165, 1.54) is 13.8 Å². The second-order valence-electron chi connectivity index (χ2n) is 4.73. The maximum Gasteiger partial charge on any atom is 0.490 e. The molecule has 0 unspecified atom stereocenters. The highest BCUT2D eigenvalue weighted by atomic mass is 19.3. The summed E-state index contributed by atoms with van der Waals surface area (Å²) in [5, 5.41) is 0. The van der Waals surface area contributed by atoms with Crippen LogP contribution < -0.4 is 0 Å². The van der Waals surface area contributed by atoms with Crippen molar-refractivity contribution in [3.05, 3.63) is 25.3 Å². The molecule has 0 aromatic heterocycles. The summed E-state index contributed by atoms with van der Waals surface area (Å²) in [5.74, 6) is 0. The Balaban J connectivity index is 0. The minimum atomic E-state index is -5.50. The molecule has 0 N–H and O–H groups in total. The zero-order valence-corrected chi connectivity index (χ0v) is 15.3. The summed E-state index contributed by atoms with van der Waals surface area (Å²) in [6, 6.07) is 0. The quantitative estimate of drug-likeness (QED) is 0.165. The van der Waals surface area contributed by atoms with Crippen LogP contribution in [-0.4, -0.2) is 51.7 Å². The molecule has 0 aliphatic rings. The van der Waals surface area contributed by atoms with Crippen LogP contribution in [0, 0.1) is 0 Å². The molecule has 0 saturated carbocycles. The van der Waals surface area contributed by atoms with Gasteiger partial charge in [-0.3, -0.25) is 4.74 Å². The van der Waals surface area contributed by atoms with Crippen molar-refractivity contribution in [2.24, 2.45) is 0 Å². The zero-order valence-electron chi connectivity index (χ0n) is 15.3. The van der Waals surface area contributed by atoms with Gasteiger partial charge in [-0.25, -0.2) is 4.74 Å². The maximum atomic E-state index is 12.8. The Morgan fingerprint density at radius 1 is 0.741 bits per heavy atom. The van der Waals surface area contributed by atoms with Crippen molar-refractivity contribution in [3.8, 4) is 0 Å². The fourth-order valence-electron chi connectivity index (χ4n) is 1.10. The molecular formula is C16H26F6O5. The monoisotopic (exact) mass is 412 g/mol. The van der Waals surface area contributed by atoms with E-state index in [9.17, 15) is 26.3 Å². The van der Waals surface area contributed by atoms with Crippen LogP contribution in [0.5, 0.6) is 0 Å². The summed E-state index contributed by atoms with van der Waals surface area (Å²) in [6.07, 6.45) is -12.0. The lowest BCUT2D eigenvalue weighted by Gasteiger charge is -2.28. The molecular weight excluding hydrogens is 386 g/mol. The number of halogens is 6. The first-order valence-corrected chi connectivity index (χ1v) is 7.98. The van der Waals surface area contributed by atoms with Crippen molar-refractivity contribution < 1.29 is 50.0 Å². The van der Waals surface area contributed by atoms with Gasteiger partial charge in [0.05, 0.1) is 26.4 Å². The third-order valence-corrected chi connectivity index (χ3v) is 2.19. The zero-order chi connectivity index (χ0) is 21.4. The standard InChI is InChI=1S/C9H14F6O3.C7H12O2/c1-3-5-16-7(10,11)8(12,13)18-9(14,15)17-6-4-2;1-3-5-8-7-9-6-4-2/h3-6H2,1-2H3;3-4H,1-2,5-7H2. The third kappa shape index (κ3) is 14.6. The highest BCUT2D eigenvalue weighted by Crippen LogP contribution is 2.40. The second kappa shape index (κ2) is 14.9. The van der Waals surface area contributed by atoms with Gasteiger partial charge < -0.3 is 14.2 Å². The van der Waals surface area contributed by atoms with Gasteiger partial charge in [-0.1, -0.05) is 26.0 Å². The fraction of sp³-hybridized carbons (Fsp3) is 0.750. The highest BCUT2D eigenvalue weighted by Gasteiger charge is 2.64. The van der Waals surface area contributed by atoms with Crippen molar-refractivity contribution in [2.45, 2.75) is 45.2 Å². The molecule has 0 radical (unpaired) electrons. The van der Waals surface area contributed by atoms with E-state index in [1.54, 1.807) is 12.2 Å². The molecule has 0 spiro atoms. The normalized spacial score (nSPS) is 12.3. The molecule has 0 rings (SSSR count). The van der Waals surface area contributed by atoms with E-state index < -0.39 is 31.7 Å². The van der Waals surface area contributed by atoms with Crippen molar-refractivity contribution in [2.75, 3.05) is 33.2 Å². The molecule has 0 fully saturated rings. The molecule has 0 atom stereocenters. The maximum absolute atomic E-state index is 12.8. The van der Waals surface area contributed by atoms with Gasteiger partial charge in [0.25, 0.3) is 0 Å². The number of ether oxygens (including phenoxy) is 5. The lowest BCUT2D eigenvalue weighted by Crippen LogP contribution is -2.49. The number of rotatable bonds is 15. The fourth-order valence-corrected chi connectivity index (χ4v) is 1.10. The van der Waals surface area contributed by atoms with Crippen LogP contribution in [0.15, 0.2) is 25.3 Å². The lowest BCUT2D eigenvalue weighted by molar-refractivity contribution is -0.526. The van der Waals surface area contributed by atoms with E-state index >= 15 is 0 Å². The van der Waals surface area contributed by atoms with E-state index in [4.69, 9.17) is 9.47 Å². The Kier molecular flexibility index (Phi) is 15.5. The van der Waals surface area contributed by atoms with Gasteiger partial charge in [0, 0.05) is 0 Å². The molecule has 11 heteroatoms. The summed E-state index contributed by atoms with van der Waals surface area (Å²) in [7, 11) is 0. The molecule has 0 heterocycles. The Hall–Kier alpha value is -1.14. The van der Waals surface area contributed by atoms with E-state index in [0.29, 0.717) is 20.0 Å². The average molecular weight is 412 g/mol. The molecule has 0 aromatic rings. The van der Waals surface area contributed by atoms with E-state index in [2.05, 4.69) is 27.4 Å². The summed E-state index contributed by atoms with van der Waals surface area (Å²) < 4.78 is 96.0. The van der Waals surface area contributed by atoms with Crippen LogP contribution in [0.2, 0.25) is 0 Å². The molecule has 0 aliphatic carbocycles. The number of hydrogen-bond acceptors (Lipinski definition) is 5. The smallest absolute Gasteiger partial charge is 0.351 e. The van der Waals surface area contributed by atoms with Crippen molar-refractivity contribution in [1.29, 1.82) is 0 Å². The van der Waals surface area contributed by atoms with E-state index in [-0.39, 0.29) is 12.8 Å². The van der Waals surface area contributed by atoms with Crippen LogP contribution in [-0.2, 0) is 23.7 Å². The van der Waals surface area contributed by atoms with Gasteiger partial charge in [-0.15, -0.1) is 21.9 Å². The number of hydrogen-bond donors (Lipinski definition) is 0. The van der Waals surface area contributed by atoms with Gasteiger partial charge in [0.15, 0.2) is 0 Å². The largest absolute Gasteiger partial charge is 0.490 e. The van der Waals surface area contributed by atoms with Crippen molar-refractivity contribution in [1.82, 2.24) is 0 Å². The molecule has 0 amide bonds. The minimum Gasteiger partial charge on any atom is -0.351 e. The van der Waals surface area contributed by atoms with Crippen LogP contribution in [0.25, 0.3) is 0 Å². The Morgan fingerprint density at radius 2 is 1.19 bits per heavy atom. The molecule has 27 heavy (non-hydrogen) atoms. The second-order valence-corrected chi connectivity index (χ2v) is 4.73. The molecule has 0 saturated heterocycles. The van der Waals surface area contributed by atoms with E-state index in [1.807, 2.05) is 0 Å². The van der Waals surface area contributed by atoms with Crippen LogP contribution in [0.3, 0.4) is 0 Å². The highest BCUT2D eigenvalue weighted by molar-refractivity contribution is 4.67. The first-order valence-electron chi connectivity index (χ1n) is 7.98. The number of alkyl halides is 6. The molecule has 5 nitrogen and oxygen atoms in total. The molecule has 0 bridgehead atoms. The van der Waals surface area contributed by atoms with Crippen molar-refractivity contribution >= 4 is 0 Å². The predicted molar refractivity (Wildman–Crippen MR) is 85.6 cm³/mol. The van der Waals surface area contributed by atoms with Gasteiger partial charge in [-0.05, 0) is 12.8 Å². The minimum absolute atomic E-state index is 0.00833.